The highest BCUT2D eigenvalue weighted by Crippen LogP contribution is 2.14. The highest BCUT2D eigenvalue weighted by Gasteiger charge is 2.20. The third kappa shape index (κ3) is 3.17. The minimum atomic E-state index is -0.283. The fraction of sp³-hybridized carbons (Fsp3) is 0.455. The molecule has 14 heavy (non-hydrogen) atoms. The molecule has 0 saturated carbocycles. The summed E-state index contributed by atoms with van der Waals surface area (Å²) in [6.07, 6.45) is 3.41. The van der Waals surface area contributed by atoms with Crippen LogP contribution in [0.15, 0.2) is 24.5 Å². The van der Waals surface area contributed by atoms with Gasteiger partial charge in [-0.25, -0.2) is 0 Å². The predicted molar refractivity (Wildman–Crippen MR) is 57.2 cm³/mol. The molecule has 0 fully saturated rings. The largest absolute Gasteiger partial charge is 0.377 e. The van der Waals surface area contributed by atoms with Crippen molar-refractivity contribution in [3.63, 3.8) is 0 Å². The number of aromatic nitrogens is 1. The molecule has 0 unspecified atom stereocenters. The van der Waals surface area contributed by atoms with Crippen LogP contribution in [0.3, 0.4) is 0 Å². The molecular formula is C11H16N2O. The average Bonchev–Trinajstić information content (AvgIpc) is 2.14. The van der Waals surface area contributed by atoms with Crippen LogP contribution in [-0.4, -0.2) is 17.3 Å². The van der Waals surface area contributed by atoms with Gasteiger partial charge in [-0.05, 0) is 12.1 Å². The number of ketones is 1. The van der Waals surface area contributed by atoms with E-state index < -0.39 is 0 Å². The Morgan fingerprint density at radius 2 is 2.21 bits per heavy atom. The van der Waals surface area contributed by atoms with Crippen LogP contribution in [0, 0.1) is 5.41 Å². The van der Waals surface area contributed by atoms with Gasteiger partial charge in [-0.3, -0.25) is 9.78 Å². The van der Waals surface area contributed by atoms with Gasteiger partial charge in [0.2, 0.25) is 0 Å². The molecule has 0 spiro atoms. The fourth-order valence-electron chi connectivity index (χ4n) is 0.915. The van der Waals surface area contributed by atoms with E-state index in [2.05, 4.69) is 10.3 Å². The van der Waals surface area contributed by atoms with Crippen molar-refractivity contribution in [2.45, 2.75) is 20.8 Å². The third-order valence-corrected chi connectivity index (χ3v) is 1.95. The molecule has 0 radical (unpaired) electrons. The van der Waals surface area contributed by atoms with Crippen LogP contribution >= 0.6 is 0 Å². The number of pyridine rings is 1. The van der Waals surface area contributed by atoms with E-state index in [4.69, 9.17) is 0 Å². The lowest BCUT2D eigenvalue weighted by Gasteiger charge is -2.16. The minimum absolute atomic E-state index is 0.196. The Kier molecular flexibility index (Phi) is 3.23. The SMILES string of the molecule is CC(C)(C)C(=O)CNc1cccnc1. The summed E-state index contributed by atoms with van der Waals surface area (Å²) in [6.45, 7) is 6.11. The molecule has 1 aromatic heterocycles. The summed E-state index contributed by atoms with van der Waals surface area (Å²) in [5, 5.41) is 3.04. The summed E-state index contributed by atoms with van der Waals surface area (Å²) in [4.78, 5) is 15.5. The van der Waals surface area contributed by atoms with E-state index in [1.165, 1.54) is 0 Å². The van der Waals surface area contributed by atoms with Crippen LogP contribution in [0.1, 0.15) is 20.8 Å². The first-order valence-corrected chi connectivity index (χ1v) is 4.67. The Morgan fingerprint density at radius 1 is 1.50 bits per heavy atom. The van der Waals surface area contributed by atoms with Gasteiger partial charge in [0.05, 0.1) is 12.2 Å². The number of rotatable bonds is 3. The zero-order valence-electron chi connectivity index (χ0n) is 8.87. The highest BCUT2D eigenvalue weighted by molar-refractivity contribution is 5.87. The standard InChI is InChI=1S/C11H16N2O/c1-11(2,3)10(14)8-13-9-5-4-6-12-7-9/h4-7,13H,8H2,1-3H3. The molecule has 1 N–H and O–H groups in total. The van der Waals surface area contributed by atoms with Crippen LogP contribution in [0.25, 0.3) is 0 Å². The number of Topliss-reactive ketones (excluding diaryl/α,β-unsaturated/α-hetero) is 1. The van der Waals surface area contributed by atoms with E-state index >= 15 is 0 Å². The molecule has 1 aromatic rings. The lowest BCUT2D eigenvalue weighted by atomic mass is 9.91. The summed E-state index contributed by atoms with van der Waals surface area (Å²) in [6, 6.07) is 3.73. The van der Waals surface area contributed by atoms with E-state index in [1.54, 1.807) is 12.4 Å². The number of carbonyl (C=O) groups excluding carboxylic acids is 1. The highest BCUT2D eigenvalue weighted by atomic mass is 16.1. The summed E-state index contributed by atoms with van der Waals surface area (Å²) < 4.78 is 0. The van der Waals surface area contributed by atoms with Crippen molar-refractivity contribution in [3.8, 4) is 0 Å². The van der Waals surface area contributed by atoms with Gasteiger partial charge in [0.25, 0.3) is 0 Å². The van der Waals surface area contributed by atoms with Crippen molar-refractivity contribution >= 4 is 11.5 Å². The second kappa shape index (κ2) is 4.22. The second-order valence-electron chi connectivity index (χ2n) is 4.27. The van der Waals surface area contributed by atoms with Crippen molar-refractivity contribution in [2.75, 3.05) is 11.9 Å². The number of hydrogen-bond acceptors (Lipinski definition) is 3. The van der Waals surface area contributed by atoms with Crippen LogP contribution in [0.4, 0.5) is 5.69 Å². The summed E-state index contributed by atoms with van der Waals surface area (Å²) in [7, 11) is 0. The summed E-state index contributed by atoms with van der Waals surface area (Å²) >= 11 is 0. The van der Waals surface area contributed by atoms with Gasteiger partial charge in [-0.15, -0.1) is 0 Å². The van der Waals surface area contributed by atoms with Crippen molar-refractivity contribution in [3.05, 3.63) is 24.5 Å². The van der Waals surface area contributed by atoms with E-state index in [1.807, 2.05) is 32.9 Å². The van der Waals surface area contributed by atoms with Gasteiger partial charge >= 0.3 is 0 Å². The number of carbonyl (C=O) groups is 1. The molecular weight excluding hydrogens is 176 g/mol. The molecule has 3 heteroatoms. The first-order chi connectivity index (χ1) is 6.50. The van der Waals surface area contributed by atoms with E-state index in [9.17, 15) is 4.79 Å². The first kappa shape index (κ1) is 10.7. The van der Waals surface area contributed by atoms with Crippen molar-refractivity contribution in [2.24, 2.45) is 5.41 Å². The molecule has 0 saturated heterocycles. The average molecular weight is 192 g/mol. The Morgan fingerprint density at radius 3 is 2.71 bits per heavy atom. The Bertz CT molecular complexity index is 301. The lowest BCUT2D eigenvalue weighted by Crippen LogP contribution is -2.27. The van der Waals surface area contributed by atoms with Gasteiger partial charge in [0.1, 0.15) is 0 Å². The minimum Gasteiger partial charge on any atom is -0.377 e. The molecule has 0 aromatic carbocycles. The predicted octanol–water partition coefficient (Wildman–Crippen LogP) is 2.11. The van der Waals surface area contributed by atoms with Crippen LogP contribution in [0.5, 0.6) is 0 Å². The number of anilines is 1. The maximum absolute atomic E-state index is 11.6. The Hall–Kier alpha value is -1.38. The quantitative estimate of drug-likeness (QED) is 0.797. The van der Waals surface area contributed by atoms with Crippen molar-refractivity contribution in [1.82, 2.24) is 4.98 Å². The molecule has 3 nitrogen and oxygen atoms in total. The van der Waals surface area contributed by atoms with Gasteiger partial charge in [0.15, 0.2) is 5.78 Å². The maximum Gasteiger partial charge on any atom is 0.157 e. The zero-order valence-corrected chi connectivity index (χ0v) is 8.87. The molecule has 1 heterocycles. The van der Waals surface area contributed by atoms with Crippen LogP contribution in [0.2, 0.25) is 0 Å². The van der Waals surface area contributed by atoms with E-state index in [0.29, 0.717) is 6.54 Å². The summed E-state index contributed by atoms with van der Waals surface area (Å²) in [5.74, 6) is 0.196. The molecule has 76 valence electrons. The van der Waals surface area contributed by atoms with Crippen LogP contribution < -0.4 is 5.32 Å². The fourth-order valence-corrected chi connectivity index (χ4v) is 0.915. The maximum atomic E-state index is 11.6. The number of nitrogens with zero attached hydrogens (tertiary/aromatic N) is 1. The lowest BCUT2D eigenvalue weighted by molar-refractivity contribution is -0.124. The van der Waals surface area contributed by atoms with Crippen molar-refractivity contribution in [1.29, 1.82) is 0 Å². The van der Waals surface area contributed by atoms with Gasteiger partial charge in [0, 0.05) is 17.8 Å². The third-order valence-electron chi connectivity index (χ3n) is 1.95. The van der Waals surface area contributed by atoms with E-state index in [-0.39, 0.29) is 11.2 Å². The summed E-state index contributed by atoms with van der Waals surface area (Å²) in [5.41, 5.74) is 0.597. The van der Waals surface area contributed by atoms with Crippen molar-refractivity contribution < 1.29 is 4.79 Å². The number of nitrogens with one attached hydrogen (secondary N) is 1. The Labute approximate surface area is 84.6 Å². The number of hydrogen-bond donors (Lipinski definition) is 1. The smallest absolute Gasteiger partial charge is 0.157 e. The molecule has 0 atom stereocenters. The molecule has 0 bridgehead atoms. The Balaban J connectivity index is 2.46. The van der Waals surface area contributed by atoms with E-state index in [0.717, 1.165) is 5.69 Å². The van der Waals surface area contributed by atoms with Gasteiger partial charge in [-0.2, -0.15) is 0 Å². The molecule has 0 amide bonds. The molecule has 0 aliphatic carbocycles. The molecule has 1 rings (SSSR count). The monoisotopic (exact) mass is 192 g/mol. The first-order valence-electron chi connectivity index (χ1n) is 4.67. The van der Waals surface area contributed by atoms with Gasteiger partial charge < -0.3 is 5.32 Å². The molecule has 0 aliphatic rings. The topological polar surface area (TPSA) is 42.0 Å². The normalized spacial score (nSPS) is 11.1. The second-order valence-corrected chi connectivity index (χ2v) is 4.27. The molecule has 0 aliphatic heterocycles. The zero-order chi connectivity index (χ0) is 10.6. The van der Waals surface area contributed by atoms with Crippen LogP contribution in [-0.2, 0) is 4.79 Å². The van der Waals surface area contributed by atoms with Gasteiger partial charge in [-0.1, -0.05) is 20.8 Å².